The van der Waals surface area contributed by atoms with Crippen LogP contribution in [0.25, 0.3) is 11.1 Å². The van der Waals surface area contributed by atoms with Gasteiger partial charge in [0.1, 0.15) is 0 Å². The summed E-state index contributed by atoms with van der Waals surface area (Å²) in [5, 5.41) is 0. The van der Waals surface area contributed by atoms with Crippen LogP contribution in [0.1, 0.15) is 33.2 Å². The fourth-order valence-corrected chi connectivity index (χ4v) is 3.55. The monoisotopic (exact) mass is 532 g/mol. The molecule has 0 bridgehead atoms. The van der Waals surface area contributed by atoms with Gasteiger partial charge in [0, 0.05) is 28.0 Å². The molecule has 4 aromatic rings. The highest BCUT2D eigenvalue weighted by Crippen LogP contribution is 2.22. The Morgan fingerprint density at radius 2 is 1.54 bits per heavy atom. The molecule has 0 aliphatic rings. The van der Waals surface area contributed by atoms with E-state index in [0.717, 1.165) is 21.2 Å². The lowest BCUT2D eigenvalue weighted by atomic mass is 10.0. The highest BCUT2D eigenvalue weighted by molar-refractivity contribution is 9.10. The predicted molar refractivity (Wildman–Crippen MR) is 138 cm³/mol. The minimum absolute atomic E-state index is 0.277. The molecule has 0 saturated carbocycles. The number of aromatic nitrogens is 1. The van der Waals surface area contributed by atoms with Gasteiger partial charge in [-0.3, -0.25) is 14.6 Å². The van der Waals surface area contributed by atoms with Crippen molar-refractivity contribution < 1.29 is 19.2 Å². The van der Waals surface area contributed by atoms with Crippen LogP contribution in [0.5, 0.6) is 0 Å². The van der Waals surface area contributed by atoms with Gasteiger partial charge in [-0.25, -0.2) is 10.3 Å². The Bertz CT molecular complexity index is 1230. The van der Waals surface area contributed by atoms with E-state index in [-0.39, 0.29) is 11.9 Å². The van der Waals surface area contributed by atoms with Crippen molar-refractivity contribution in [2.75, 3.05) is 6.61 Å². The van der Waals surface area contributed by atoms with Gasteiger partial charge in [-0.2, -0.15) is 0 Å². The smallest absolute Gasteiger partial charge is 0.339 e. The molecule has 4 rings (SSSR count). The summed E-state index contributed by atoms with van der Waals surface area (Å²) in [7, 11) is 0. The fourth-order valence-electron chi connectivity index (χ4n) is 3.10. The first kappa shape index (κ1) is 25.8. The summed E-state index contributed by atoms with van der Waals surface area (Å²) in [6, 6.07) is 28.0. The van der Waals surface area contributed by atoms with Crippen molar-refractivity contribution in [1.82, 2.24) is 10.5 Å². The van der Waals surface area contributed by atoms with Crippen molar-refractivity contribution in [2.24, 2.45) is 0 Å². The zero-order chi connectivity index (χ0) is 24.9. The molecule has 0 spiro atoms. The van der Waals surface area contributed by atoms with E-state index in [2.05, 4.69) is 26.4 Å². The van der Waals surface area contributed by atoms with Crippen molar-refractivity contribution in [2.45, 2.75) is 13.5 Å². The topological polar surface area (TPSA) is 77.5 Å². The minimum Gasteiger partial charge on any atom is -0.462 e. The molecule has 178 valence electrons. The lowest BCUT2D eigenvalue weighted by Gasteiger charge is -2.10. The molecule has 0 radical (unpaired) electrons. The zero-order valence-corrected chi connectivity index (χ0v) is 20.8. The van der Waals surface area contributed by atoms with Crippen molar-refractivity contribution in [3.8, 4) is 11.1 Å². The van der Waals surface area contributed by atoms with Crippen LogP contribution in [0.3, 0.4) is 0 Å². The average molecular weight is 533 g/mol. The van der Waals surface area contributed by atoms with Crippen LogP contribution in [-0.2, 0) is 16.2 Å². The van der Waals surface area contributed by atoms with Crippen LogP contribution in [0.4, 0.5) is 0 Å². The number of pyridine rings is 1. The van der Waals surface area contributed by atoms with E-state index in [4.69, 9.17) is 9.57 Å². The molecule has 0 saturated heterocycles. The van der Waals surface area contributed by atoms with E-state index in [9.17, 15) is 9.59 Å². The largest absolute Gasteiger partial charge is 0.462 e. The van der Waals surface area contributed by atoms with E-state index in [0.29, 0.717) is 24.3 Å². The van der Waals surface area contributed by atoms with Crippen LogP contribution < -0.4 is 5.48 Å². The number of nitrogens with one attached hydrogen (secondary N) is 1. The first-order valence-electron chi connectivity index (χ1n) is 11.0. The highest BCUT2D eigenvalue weighted by atomic mass is 79.9. The summed E-state index contributed by atoms with van der Waals surface area (Å²) >= 11 is 3.27. The first-order chi connectivity index (χ1) is 17.1. The number of benzene rings is 3. The number of hydrogen-bond donors (Lipinski definition) is 1. The van der Waals surface area contributed by atoms with Crippen molar-refractivity contribution in [3.63, 3.8) is 0 Å². The molecular formula is C28H25BrN2O4. The average Bonchev–Trinajstić information content (AvgIpc) is 2.90. The maximum Gasteiger partial charge on any atom is 0.339 e. The third-order valence-corrected chi connectivity index (χ3v) is 5.45. The Morgan fingerprint density at radius 3 is 2.23 bits per heavy atom. The van der Waals surface area contributed by atoms with Gasteiger partial charge in [-0.15, -0.1) is 0 Å². The molecule has 0 aliphatic carbocycles. The second kappa shape index (κ2) is 13.8. The molecule has 0 fully saturated rings. The zero-order valence-electron chi connectivity index (χ0n) is 19.2. The number of ether oxygens (including phenoxy) is 1. The van der Waals surface area contributed by atoms with Crippen LogP contribution in [0.2, 0.25) is 0 Å². The quantitative estimate of drug-likeness (QED) is 0.225. The molecule has 0 unspecified atom stereocenters. The number of amides is 1. The number of esters is 1. The second-order valence-corrected chi connectivity index (χ2v) is 8.05. The van der Waals surface area contributed by atoms with E-state index >= 15 is 0 Å². The summed E-state index contributed by atoms with van der Waals surface area (Å²) in [5.74, 6) is -0.564. The van der Waals surface area contributed by atoms with Crippen LogP contribution in [0, 0.1) is 0 Å². The number of carbonyl (C=O) groups excluding carboxylic acids is 2. The van der Waals surface area contributed by atoms with Crippen molar-refractivity contribution >= 4 is 27.8 Å². The molecule has 1 amide bonds. The summed E-state index contributed by atoms with van der Waals surface area (Å²) in [5.41, 5.74) is 6.32. The van der Waals surface area contributed by atoms with Crippen LogP contribution in [0.15, 0.2) is 108 Å². The summed E-state index contributed by atoms with van der Waals surface area (Å²) < 4.78 is 5.61. The lowest BCUT2D eigenvalue weighted by molar-refractivity contribution is 0.0234. The molecule has 6 nitrogen and oxygen atoms in total. The Morgan fingerprint density at radius 1 is 0.857 bits per heavy atom. The molecule has 0 atom stereocenters. The number of nitrogens with zero attached hydrogens (tertiary/aromatic N) is 1. The summed E-state index contributed by atoms with van der Waals surface area (Å²) in [6.07, 6.45) is 3.44. The van der Waals surface area contributed by atoms with Gasteiger partial charge in [0.2, 0.25) is 0 Å². The van der Waals surface area contributed by atoms with Crippen molar-refractivity contribution in [1.29, 1.82) is 0 Å². The maximum absolute atomic E-state index is 12.4. The third kappa shape index (κ3) is 7.88. The molecular weight excluding hydrogens is 508 g/mol. The standard InChI is InChI=1S/C19H16N2O2.C9H9BrO2/c22-19(21-23-14-15-7-2-1-3-8-15)18-11-5-4-10-17(18)16-9-6-12-20-13-16;1-2-12-9(11)7-5-3-4-6-8(7)10/h1-13H,14H2,(H,21,22);3-6H,2H2,1H3. The molecule has 3 aromatic carbocycles. The second-order valence-electron chi connectivity index (χ2n) is 7.19. The maximum atomic E-state index is 12.4. The third-order valence-electron chi connectivity index (χ3n) is 4.76. The molecule has 1 heterocycles. The SMILES string of the molecule is CCOC(=O)c1ccccc1Br.O=C(NOCc1ccccc1)c1ccccc1-c1cccnc1. The van der Waals surface area contributed by atoms with E-state index in [1.54, 1.807) is 37.5 Å². The van der Waals surface area contributed by atoms with Gasteiger partial charge in [0.25, 0.3) is 5.91 Å². The number of hydroxylamine groups is 1. The minimum atomic E-state index is -0.287. The van der Waals surface area contributed by atoms with Gasteiger partial charge in [-0.05, 0) is 58.2 Å². The molecule has 0 aliphatic heterocycles. The highest BCUT2D eigenvalue weighted by Gasteiger charge is 2.12. The van der Waals surface area contributed by atoms with E-state index < -0.39 is 0 Å². The summed E-state index contributed by atoms with van der Waals surface area (Å²) in [4.78, 5) is 33.0. The Hall–Kier alpha value is -3.81. The fraction of sp³-hybridized carbons (Fsp3) is 0.107. The van der Waals surface area contributed by atoms with E-state index in [1.165, 1.54) is 0 Å². The normalized spacial score (nSPS) is 10.0. The number of halogens is 1. The first-order valence-corrected chi connectivity index (χ1v) is 11.8. The van der Waals surface area contributed by atoms with Crippen LogP contribution >= 0.6 is 15.9 Å². The Labute approximate surface area is 213 Å². The van der Waals surface area contributed by atoms with Gasteiger partial charge in [0.15, 0.2) is 0 Å². The molecule has 7 heteroatoms. The van der Waals surface area contributed by atoms with Crippen LogP contribution in [-0.4, -0.2) is 23.5 Å². The Kier molecular flexibility index (Phi) is 10.2. The van der Waals surface area contributed by atoms with Gasteiger partial charge < -0.3 is 4.74 Å². The predicted octanol–water partition coefficient (Wildman–Crippen LogP) is 6.24. The summed E-state index contributed by atoms with van der Waals surface area (Å²) in [6.45, 7) is 2.51. The number of rotatable bonds is 7. The van der Waals surface area contributed by atoms with E-state index in [1.807, 2.05) is 72.8 Å². The van der Waals surface area contributed by atoms with Gasteiger partial charge >= 0.3 is 5.97 Å². The molecule has 1 N–H and O–H groups in total. The lowest BCUT2D eigenvalue weighted by Crippen LogP contribution is -2.24. The number of carbonyl (C=O) groups is 2. The van der Waals surface area contributed by atoms with Gasteiger partial charge in [0.05, 0.1) is 18.8 Å². The Balaban J connectivity index is 0.000000241. The molecule has 35 heavy (non-hydrogen) atoms. The molecule has 1 aromatic heterocycles. The van der Waals surface area contributed by atoms with Gasteiger partial charge in [-0.1, -0.05) is 66.7 Å². The number of hydrogen-bond acceptors (Lipinski definition) is 5. The van der Waals surface area contributed by atoms with Crippen molar-refractivity contribution in [3.05, 3.63) is 125 Å².